The lowest BCUT2D eigenvalue weighted by Gasteiger charge is -2.16. The third-order valence-corrected chi connectivity index (χ3v) is 4.81. The molecule has 8 nitrogen and oxygen atoms in total. The zero-order valence-corrected chi connectivity index (χ0v) is 15.4. The zero-order valence-electron chi connectivity index (χ0n) is 14.6. The Balaban J connectivity index is 2.60. The van der Waals surface area contributed by atoms with Crippen LogP contribution in [0.2, 0.25) is 0 Å². The maximum atomic E-state index is 11.8. The van der Waals surface area contributed by atoms with Crippen LogP contribution in [-0.2, 0) is 26.0 Å². The summed E-state index contributed by atoms with van der Waals surface area (Å²) < 4.78 is 28.8. The summed E-state index contributed by atoms with van der Waals surface area (Å²) in [4.78, 5) is 23.2. The van der Waals surface area contributed by atoms with Crippen LogP contribution in [0.4, 0.5) is 0 Å². The summed E-state index contributed by atoms with van der Waals surface area (Å²) in [5, 5.41) is 11.8. The first kappa shape index (κ1) is 20.9. The summed E-state index contributed by atoms with van der Waals surface area (Å²) in [6.45, 7) is 1.98. The largest absolute Gasteiger partial charge is 0.494 e. The second-order valence-corrected chi connectivity index (χ2v) is 7.73. The van der Waals surface area contributed by atoms with E-state index < -0.39 is 27.8 Å². The fourth-order valence-corrected chi connectivity index (χ4v) is 2.38. The number of carboxylic acids is 1. The van der Waals surface area contributed by atoms with E-state index in [4.69, 9.17) is 4.74 Å². The van der Waals surface area contributed by atoms with Crippen LogP contribution in [0, 0.1) is 5.92 Å². The molecule has 1 unspecified atom stereocenters. The van der Waals surface area contributed by atoms with Crippen molar-refractivity contribution < 1.29 is 27.9 Å². The molecule has 0 saturated carbocycles. The lowest BCUT2D eigenvalue weighted by atomic mass is 9.99. The second kappa shape index (κ2) is 9.38. The molecule has 0 aromatic heterocycles. The average molecular weight is 372 g/mol. The van der Waals surface area contributed by atoms with Crippen molar-refractivity contribution in [1.29, 1.82) is 0 Å². The first-order valence-corrected chi connectivity index (χ1v) is 9.60. The van der Waals surface area contributed by atoms with Crippen molar-refractivity contribution in [2.45, 2.75) is 13.3 Å². The van der Waals surface area contributed by atoms with Crippen molar-refractivity contribution >= 4 is 21.9 Å². The van der Waals surface area contributed by atoms with Gasteiger partial charge in [0.05, 0.1) is 25.3 Å². The molecule has 1 rings (SSSR count). The quantitative estimate of drug-likeness (QED) is 0.612. The highest BCUT2D eigenvalue weighted by Gasteiger charge is 2.21. The summed E-state index contributed by atoms with van der Waals surface area (Å²) in [5.74, 6) is -1.70. The summed E-state index contributed by atoms with van der Waals surface area (Å²) in [7, 11) is -2.18. The van der Waals surface area contributed by atoms with E-state index in [2.05, 4.69) is 5.32 Å². The molecule has 140 valence electrons. The molecule has 0 aliphatic heterocycles. The van der Waals surface area contributed by atoms with Crippen LogP contribution in [0.5, 0.6) is 5.75 Å². The van der Waals surface area contributed by atoms with Crippen LogP contribution < -0.4 is 10.1 Å². The third kappa shape index (κ3) is 7.53. The monoisotopic (exact) mass is 372 g/mol. The highest BCUT2D eigenvalue weighted by Crippen LogP contribution is 2.15. The van der Waals surface area contributed by atoms with Crippen molar-refractivity contribution in [2.24, 2.45) is 5.92 Å². The summed E-state index contributed by atoms with van der Waals surface area (Å²) in [5.41, 5.74) is 0.804. The van der Waals surface area contributed by atoms with Crippen molar-refractivity contribution in [3.8, 4) is 5.75 Å². The molecule has 0 bridgehead atoms. The maximum absolute atomic E-state index is 11.8. The van der Waals surface area contributed by atoms with Gasteiger partial charge in [-0.15, -0.1) is 0 Å². The fourth-order valence-electron chi connectivity index (χ4n) is 2.03. The normalized spacial score (nSPS) is 12.6. The minimum absolute atomic E-state index is 0.0843. The highest BCUT2D eigenvalue weighted by molar-refractivity contribution is 7.88. The molecular weight excluding hydrogens is 348 g/mol. The molecule has 0 radical (unpaired) electrons. The number of carbonyl (C=O) groups excluding carboxylic acids is 1. The van der Waals surface area contributed by atoms with Gasteiger partial charge in [-0.05, 0) is 31.0 Å². The van der Waals surface area contributed by atoms with E-state index in [1.165, 1.54) is 7.05 Å². The number of rotatable bonds is 10. The van der Waals surface area contributed by atoms with Gasteiger partial charge in [0.25, 0.3) is 0 Å². The van der Waals surface area contributed by atoms with Crippen LogP contribution in [0.3, 0.4) is 0 Å². The van der Waals surface area contributed by atoms with Crippen molar-refractivity contribution in [1.82, 2.24) is 9.62 Å². The van der Waals surface area contributed by atoms with Gasteiger partial charge in [0.2, 0.25) is 15.9 Å². The summed E-state index contributed by atoms with van der Waals surface area (Å²) in [6.07, 6.45) is 1.23. The molecule has 1 aromatic rings. The van der Waals surface area contributed by atoms with Crippen molar-refractivity contribution in [2.75, 3.05) is 33.0 Å². The molecule has 1 aromatic carbocycles. The number of likely N-dealkylation sites (N-methyl/N-ethyl adjacent to an activating group) is 1. The Bertz CT molecular complexity index is 687. The second-order valence-electron chi connectivity index (χ2n) is 5.64. The molecule has 9 heteroatoms. The van der Waals surface area contributed by atoms with Gasteiger partial charge in [-0.3, -0.25) is 9.59 Å². The molecule has 25 heavy (non-hydrogen) atoms. The molecule has 0 aliphatic rings. The zero-order chi connectivity index (χ0) is 19.0. The number of nitrogens with one attached hydrogen (secondary N) is 1. The molecule has 0 fully saturated rings. The van der Waals surface area contributed by atoms with Crippen LogP contribution in [0.25, 0.3) is 0 Å². The number of hydrogen-bond donors (Lipinski definition) is 2. The van der Waals surface area contributed by atoms with Crippen LogP contribution >= 0.6 is 0 Å². The van der Waals surface area contributed by atoms with Crippen molar-refractivity contribution in [3.05, 3.63) is 29.8 Å². The van der Waals surface area contributed by atoms with Crippen molar-refractivity contribution in [3.63, 3.8) is 0 Å². The molecule has 0 aliphatic carbocycles. The molecule has 1 amide bonds. The van der Waals surface area contributed by atoms with E-state index in [1.807, 2.05) is 6.92 Å². The van der Waals surface area contributed by atoms with E-state index in [0.717, 1.165) is 16.1 Å². The SMILES string of the molecule is CCOc1ccc(CC(CNC(=O)CN(C)S(C)(=O)=O)C(=O)O)cc1. The number of carboxylic acid groups (broad SMARTS) is 1. The van der Waals surface area contributed by atoms with Gasteiger partial charge in [0.15, 0.2) is 0 Å². The average Bonchev–Trinajstić information content (AvgIpc) is 2.52. The van der Waals surface area contributed by atoms with Gasteiger partial charge in [-0.2, -0.15) is 4.31 Å². The Labute approximate surface area is 147 Å². The van der Waals surface area contributed by atoms with Crippen LogP contribution in [0.1, 0.15) is 12.5 Å². The predicted molar refractivity (Wildman–Crippen MR) is 92.9 cm³/mol. The molecule has 2 N–H and O–H groups in total. The van der Waals surface area contributed by atoms with E-state index in [9.17, 15) is 23.1 Å². The molecule has 0 saturated heterocycles. The number of ether oxygens (including phenoxy) is 1. The summed E-state index contributed by atoms with van der Waals surface area (Å²) in [6, 6.07) is 7.08. The topological polar surface area (TPSA) is 113 Å². The smallest absolute Gasteiger partial charge is 0.308 e. The lowest BCUT2D eigenvalue weighted by Crippen LogP contribution is -2.41. The lowest BCUT2D eigenvalue weighted by molar-refractivity contribution is -0.141. The van der Waals surface area contributed by atoms with Gasteiger partial charge in [0.1, 0.15) is 5.75 Å². The maximum Gasteiger partial charge on any atom is 0.308 e. The van der Waals surface area contributed by atoms with Gasteiger partial charge < -0.3 is 15.2 Å². The standard InChI is InChI=1S/C16H24N2O6S/c1-4-24-14-7-5-12(6-8-14)9-13(16(20)21)10-17-15(19)11-18(2)25(3,22)23/h5-8,13H,4,9-11H2,1-3H3,(H,17,19)(H,20,21). The Morgan fingerprint density at radius 1 is 1.28 bits per heavy atom. The van der Waals surface area contributed by atoms with Gasteiger partial charge >= 0.3 is 5.97 Å². The number of nitrogens with zero attached hydrogens (tertiary/aromatic N) is 1. The van der Waals surface area contributed by atoms with E-state index in [1.54, 1.807) is 24.3 Å². The predicted octanol–water partition coefficient (Wildman–Crippen LogP) is 0.336. The Morgan fingerprint density at radius 2 is 1.88 bits per heavy atom. The molecular formula is C16H24N2O6S. The molecule has 1 atom stereocenters. The van der Waals surface area contributed by atoms with Gasteiger partial charge in [-0.1, -0.05) is 12.1 Å². The van der Waals surface area contributed by atoms with Gasteiger partial charge in [0, 0.05) is 13.6 Å². The fraction of sp³-hybridized carbons (Fsp3) is 0.500. The number of amides is 1. The van der Waals surface area contributed by atoms with E-state index in [0.29, 0.717) is 12.4 Å². The minimum Gasteiger partial charge on any atom is -0.494 e. The van der Waals surface area contributed by atoms with Gasteiger partial charge in [-0.25, -0.2) is 8.42 Å². The van der Waals surface area contributed by atoms with E-state index in [-0.39, 0.29) is 19.5 Å². The first-order valence-electron chi connectivity index (χ1n) is 7.76. The number of sulfonamides is 1. The molecule has 0 spiro atoms. The van der Waals surface area contributed by atoms with E-state index >= 15 is 0 Å². The Hall–Kier alpha value is -2.13. The first-order chi connectivity index (χ1) is 11.6. The van der Waals surface area contributed by atoms with Crippen LogP contribution in [0.15, 0.2) is 24.3 Å². The Morgan fingerprint density at radius 3 is 2.36 bits per heavy atom. The van der Waals surface area contributed by atoms with Crippen LogP contribution in [-0.4, -0.2) is 62.7 Å². The molecule has 0 heterocycles. The number of carbonyl (C=O) groups is 2. The summed E-state index contributed by atoms with van der Waals surface area (Å²) >= 11 is 0. The number of benzene rings is 1. The minimum atomic E-state index is -3.47. The third-order valence-electron chi connectivity index (χ3n) is 3.54. The Kier molecular flexibility index (Phi) is 7.85. The highest BCUT2D eigenvalue weighted by atomic mass is 32.2. The number of hydrogen-bond acceptors (Lipinski definition) is 5. The number of aliphatic carboxylic acids is 1.